The zero-order chi connectivity index (χ0) is 17.9. The second-order valence-corrected chi connectivity index (χ2v) is 7.24. The number of halogens is 3. The molecule has 0 atom stereocenters. The number of aromatic nitrogens is 2. The SMILES string of the molecule is CCCCc1nc(/C=C/C(=O)c2cc(Cl)c(C)c(I)c2O)c(Cl)[nH]1. The number of phenols is 1. The Hall–Kier alpha value is -1.05. The molecule has 2 N–H and O–H groups in total. The Morgan fingerprint density at radius 3 is 2.83 bits per heavy atom. The lowest BCUT2D eigenvalue weighted by Gasteiger charge is -2.08. The number of phenolic OH excluding ortho intramolecular Hbond substituents is 1. The van der Waals surface area contributed by atoms with Crippen molar-refractivity contribution in [2.75, 3.05) is 0 Å². The molecule has 0 aliphatic heterocycles. The first-order valence-electron chi connectivity index (χ1n) is 7.49. The van der Waals surface area contributed by atoms with Crippen LogP contribution < -0.4 is 0 Å². The van der Waals surface area contributed by atoms with Crippen molar-refractivity contribution in [3.8, 4) is 5.75 Å². The lowest BCUT2D eigenvalue weighted by molar-refractivity contribution is 0.104. The number of carbonyl (C=O) groups excluding carboxylic acids is 1. The third kappa shape index (κ3) is 4.32. The topological polar surface area (TPSA) is 66.0 Å². The Labute approximate surface area is 164 Å². The summed E-state index contributed by atoms with van der Waals surface area (Å²) in [5, 5.41) is 11.0. The first-order valence-corrected chi connectivity index (χ1v) is 9.33. The van der Waals surface area contributed by atoms with Crippen LogP contribution in [0.4, 0.5) is 0 Å². The van der Waals surface area contributed by atoms with Gasteiger partial charge in [-0.15, -0.1) is 0 Å². The Kier molecular flexibility index (Phi) is 6.71. The van der Waals surface area contributed by atoms with Crippen molar-refractivity contribution in [3.63, 3.8) is 0 Å². The minimum Gasteiger partial charge on any atom is -0.506 e. The van der Waals surface area contributed by atoms with E-state index >= 15 is 0 Å². The molecule has 1 aromatic heterocycles. The van der Waals surface area contributed by atoms with Crippen LogP contribution >= 0.6 is 45.8 Å². The molecule has 0 radical (unpaired) electrons. The standard InChI is InChI=1S/C17H17Cl2IN2O2/c1-3-4-5-14-21-12(17(19)22-14)6-7-13(23)10-8-11(18)9(2)15(20)16(10)24/h6-8,24H,3-5H2,1-2H3,(H,21,22)/b7-6+. The maximum absolute atomic E-state index is 12.4. The van der Waals surface area contributed by atoms with E-state index in [1.165, 1.54) is 18.2 Å². The van der Waals surface area contributed by atoms with E-state index in [0.29, 0.717) is 19.4 Å². The molecule has 128 valence electrons. The van der Waals surface area contributed by atoms with Crippen molar-refractivity contribution in [2.24, 2.45) is 0 Å². The van der Waals surface area contributed by atoms with Crippen molar-refractivity contribution in [3.05, 3.63) is 48.5 Å². The van der Waals surface area contributed by atoms with Gasteiger partial charge in [0.05, 0.1) is 9.13 Å². The summed E-state index contributed by atoms with van der Waals surface area (Å²) in [4.78, 5) is 19.7. The number of aromatic hydroxyl groups is 1. The number of rotatable bonds is 6. The fourth-order valence-corrected chi connectivity index (χ4v) is 3.28. The highest BCUT2D eigenvalue weighted by molar-refractivity contribution is 14.1. The summed E-state index contributed by atoms with van der Waals surface area (Å²) >= 11 is 14.2. The molecule has 0 spiro atoms. The van der Waals surface area contributed by atoms with E-state index in [2.05, 4.69) is 16.9 Å². The Morgan fingerprint density at radius 1 is 1.46 bits per heavy atom. The Bertz CT molecular complexity index is 800. The number of nitrogens with zero attached hydrogens (tertiary/aromatic N) is 1. The van der Waals surface area contributed by atoms with Gasteiger partial charge in [-0.2, -0.15) is 0 Å². The number of aromatic amines is 1. The van der Waals surface area contributed by atoms with Crippen molar-refractivity contribution in [1.82, 2.24) is 9.97 Å². The van der Waals surface area contributed by atoms with Gasteiger partial charge in [0.15, 0.2) is 5.78 Å². The molecule has 0 saturated heterocycles. The van der Waals surface area contributed by atoms with Crippen LogP contribution in [0.3, 0.4) is 0 Å². The number of aryl methyl sites for hydroxylation is 1. The third-order valence-corrected chi connectivity index (χ3v) is 5.58. The smallest absolute Gasteiger partial charge is 0.189 e. The number of ketones is 1. The van der Waals surface area contributed by atoms with Crippen LogP contribution in [0.2, 0.25) is 10.2 Å². The van der Waals surface area contributed by atoms with E-state index in [-0.39, 0.29) is 17.1 Å². The van der Waals surface area contributed by atoms with Crippen LogP contribution in [-0.4, -0.2) is 20.9 Å². The van der Waals surface area contributed by atoms with Gasteiger partial charge in [-0.3, -0.25) is 4.79 Å². The van der Waals surface area contributed by atoms with Gasteiger partial charge in [0.2, 0.25) is 0 Å². The predicted molar refractivity (Wildman–Crippen MR) is 106 cm³/mol. The average Bonchev–Trinajstić information content (AvgIpc) is 2.92. The molecule has 0 amide bonds. The van der Waals surface area contributed by atoms with Crippen molar-refractivity contribution < 1.29 is 9.90 Å². The van der Waals surface area contributed by atoms with Crippen LogP contribution in [0.1, 0.15) is 47.2 Å². The van der Waals surface area contributed by atoms with Crippen LogP contribution in [0.15, 0.2) is 12.1 Å². The zero-order valence-corrected chi connectivity index (χ0v) is 17.0. The monoisotopic (exact) mass is 478 g/mol. The summed E-state index contributed by atoms with van der Waals surface area (Å²) in [5.41, 5.74) is 1.40. The number of allylic oxidation sites excluding steroid dienone is 1. The van der Waals surface area contributed by atoms with Gasteiger partial charge in [-0.05, 0) is 59.7 Å². The van der Waals surface area contributed by atoms with E-state index in [4.69, 9.17) is 23.2 Å². The molecular formula is C17H17Cl2IN2O2. The normalized spacial score (nSPS) is 11.4. The summed E-state index contributed by atoms with van der Waals surface area (Å²) in [5.74, 6) is 0.370. The predicted octanol–water partition coefficient (Wildman–Crippen LogP) is 5.57. The number of hydrogen-bond acceptors (Lipinski definition) is 3. The first kappa shape index (κ1) is 19.3. The molecule has 1 aromatic carbocycles. The maximum atomic E-state index is 12.4. The minimum atomic E-state index is -0.360. The molecule has 0 saturated carbocycles. The van der Waals surface area contributed by atoms with E-state index in [0.717, 1.165) is 30.7 Å². The van der Waals surface area contributed by atoms with Gasteiger partial charge in [-0.1, -0.05) is 36.5 Å². The van der Waals surface area contributed by atoms with Crippen molar-refractivity contribution in [2.45, 2.75) is 33.1 Å². The minimum absolute atomic E-state index is 0.0658. The maximum Gasteiger partial charge on any atom is 0.189 e. The molecule has 0 bridgehead atoms. The summed E-state index contributed by atoms with van der Waals surface area (Å²) in [6, 6.07) is 1.47. The first-order chi connectivity index (χ1) is 11.3. The van der Waals surface area contributed by atoms with Crippen molar-refractivity contribution >= 4 is 57.7 Å². The van der Waals surface area contributed by atoms with E-state index in [1.54, 1.807) is 6.92 Å². The average molecular weight is 479 g/mol. The van der Waals surface area contributed by atoms with Crippen LogP contribution in [0.25, 0.3) is 6.08 Å². The highest BCUT2D eigenvalue weighted by Crippen LogP contribution is 2.33. The fraction of sp³-hybridized carbons (Fsp3) is 0.294. The highest BCUT2D eigenvalue weighted by Gasteiger charge is 2.16. The van der Waals surface area contributed by atoms with Gasteiger partial charge in [0, 0.05) is 11.4 Å². The second kappa shape index (κ2) is 8.36. The van der Waals surface area contributed by atoms with Crippen LogP contribution in [0.5, 0.6) is 5.75 Å². The molecule has 1 heterocycles. The van der Waals surface area contributed by atoms with E-state index in [9.17, 15) is 9.90 Å². The lowest BCUT2D eigenvalue weighted by Crippen LogP contribution is -1.98. The Morgan fingerprint density at radius 2 is 2.17 bits per heavy atom. The van der Waals surface area contributed by atoms with Gasteiger partial charge < -0.3 is 10.1 Å². The van der Waals surface area contributed by atoms with Crippen molar-refractivity contribution in [1.29, 1.82) is 0 Å². The lowest BCUT2D eigenvalue weighted by atomic mass is 10.1. The number of carbonyl (C=O) groups is 1. The summed E-state index contributed by atoms with van der Waals surface area (Å²) in [7, 11) is 0. The molecule has 7 heteroatoms. The largest absolute Gasteiger partial charge is 0.506 e. The quantitative estimate of drug-likeness (QED) is 0.324. The molecular weight excluding hydrogens is 462 g/mol. The number of H-pyrrole nitrogens is 1. The van der Waals surface area contributed by atoms with Crippen LogP contribution in [0, 0.1) is 10.5 Å². The van der Waals surface area contributed by atoms with Gasteiger partial charge >= 0.3 is 0 Å². The van der Waals surface area contributed by atoms with Gasteiger partial charge in [-0.25, -0.2) is 4.98 Å². The van der Waals surface area contributed by atoms with Gasteiger partial charge in [0.25, 0.3) is 0 Å². The number of hydrogen-bond donors (Lipinski definition) is 2. The van der Waals surface area contributed by atoms with E-state index < -0.39 is 0 Å². The van der Waals surface area contributed by atoms with E-state index in [1.807, 2.05) is 22.6 Å². The molecule has 4 nitrogen and oxygen atoms in total. The summed E-state index contributed by atoms with van der Waals surface area (Å²) < 4.78 is 0.566. The number of benzene rings is 1. The number of unbranched alkanes of at least 4 members (excludes halogenated alkanes) is 1. The fourth-order valence-electron chi connectivity index (χ4n) is 2.12. The molecule has 0 fully saturated rings. The summed E-state index contributed by atoms with van der Waals surface area (Å²) in [6.45, 7) is 3.89. The number of imidazole rings is 1. The number of nitrogens with one attached hydrogen (secondary N) is 1. The highest BCUT2D eigenvalue weighted by atomic mass is 127. The van der Waals surface area contributed by atoms with Gasteiger partial charge in [0.1, 0.15) is 22.4 Å². The Balaban J connectivity index is 2.24. The van der Waals surface area contributed by atoms with Crippen LogP contribution in [-0.2, 0) is 6.42 Å². The second-order valence-electron chi connectivity index (χ2n) is 5.38. The molecule has 24 heavy (non-hydrogen) atoms. The zero-order valence-electron chi connectivity index (χ0n) is 13.3. The molecule has 0 aliphatic carbocycles. The molecule has 2 aromatic rings. The third-order valence-electron chi connectivity index (χ3n) is 3.58. The molecule has 0 unspecified atom stereocenters. The molecule has 2 rings (SSSR count). The summed E-state index contributed by atoms with van der Waals surface area (Å²) in [6.07, 6.45) is 5.76. The molecule has 0 aliphatic rings.